The Morgan fingerprint density at radius 2 is 2.05 bits per heavy atom. The van der Waals surface area contributed by atoms with Gasteiger partial charge in [-0.3, -0.25) is 9.78 Å². The molecule has 1 N–H and O–H groups in total. The summed E-state index contributed by atoms with van der Waals surface area (Å²) in [6.45, 7) is 1.65. The maximum absolute atomic E-state index is 12.1. The van der Waals surface area contributed by atoms with Gasteiger partial charge in [-0.1, -0.05) is 18.2 Å². The molecule has 0 bridgehead atoms. The molecular weight excluding hydrogens is 238 g/mol. The molecule has 1 aromatic carbocycles. The van der Waals surface area contributed by atoms with Crippen molar-refractivity contribution in [3.05, 3.63) is 42.1 Å². The Kier molecular flexibility index (Phi) is 4.47. The Balaban J connectivity index is 2.05. The lowest BCUT2D eigenvalue weighted by molar-refractivity contribution is 0.0954. The Labute approximate surface area is 113 Å². The molecule has 0 saturated heterocycles. The third kappa shape index (κ3) is 3.51. The Hall–Kier alpha value is -1.94. The highest BCUT2D eigenvalue weighted by Gasteiger charge is 2.09. The lowest BCUT2D eigenvalue weighted by Crippen LogP contribution is -2.27. The highest BCUT2D eigenvalue weighted by Crippen LogP contribution is 2.15. The van der Waals surface area contributed by atoms with E-state index in [1.807, 2.05) is 44.4 Å². The first-order valence-corrected chi connectivity index (χ1v) is 6.45. The van der Waals surface area contributed by atoms with Crippen LogP contribution < -0.4 is 5.32 Å². The second-order valence-corrected chi connectivity index (χ2v) is 4.79. The number of rotatable bonds is 5. The summed E-state index contributed by atoms with van der Waals surface area (Å²) in [4.78, 5) is 18.5. The van der Waals surface area contributed by atoms with Gasteiger partial charge in [0, 0.05) is 18.1 Å². The van der Waals surface area contributed by atoms with Crippen LogP contribution in [-0.2, 0) is 0 Å². The molecule has 1 heterocycles. The number of para-hydroxylation sites is 1. The average molecular weight is 257 g/mol. The van der Waals surface area contributed by atoms with Crippen LogP contribution in [-0.4, -0.2) is 43.0 Å². The molecule has 0 aliphatic carbocycles. The first kappa shape index (κ1) is 13.5. The Morgan fingerprint density at radius 3 is 2.84 bits per heavy atom. The van der Waals surface area contributed by atoms with Gasteiger partial charge in [0.1, 0.15) is 0 Å². The van der Waals surface area contributed by atoms with Crippen molar-refractivity contribution in [1.82, 2.24) is 15.2 Å². The normalized spacial score (nSPS) is 10.9. The highest BCUT2D eigenvalue weighted by atomic mass is 16.1. The predicted molar refractivity (Wildman–Crippen MR) is 77.2 cm³/mol. The fourth-order valence-electron chi connectivity index (χ4n) is 1.98. The maximum atomic E-state index is 12.1. The summed E-state index contributed by atoms with van der Waals surface area (Å²) in [6, 6.07) is 9.51. The van der Waals surface area contributed by atoms with Crippen LogP contribution in [0.3, 0.4) is 0 Å². The third-order valence-corrected chi connectivity index (χ3v) is 2.95. The molecule has 2 rings (SSSR count). The monoisotopic (exact) mass is 257 g/mol. The molecule has 0 radical (unpaired) electrons. The van der Waals surface area contributed by atoms with Crippen LogP contribution in [0, 0.1) is 0 Å². The number of pyridine rings is 1. The van der Waals surface area contributed by atoms with Crippen molar-refractivity contribution in [1.29, 1.82) is 0 Å². The molecule has 0 unspecified atom stereocenters. The van der Waals surface area contributed by atoms with Crippen LogP contribution in [0.5, 0.6) is 0 Å². The smallest absolute Gasteiger partial charge is 0.253 e. The van der Waals surface area contributed by atoms with E-state index < -0.39 is 0 Å². The molecule has 100 valence electrons. The number of benzene rings is 1. The van der Waals surface area contributed by atoms with Gasteiger partial charge >= 0.3 is 0 Å². The standard InChI is InChI=1S/C15H19N3O/c1-18(2)11-5-10-17-15(19)13-8-3-6-12-7-4-9-16-14(12)13/h3-4,6-9H,5,10-11H2,1-2H3,(H,17,19). The van der Waals surface area contributed by atoms with Crippen LogP contribution in [0.15, 0.2) is 36.5 Å². The van der Waals surface area contributed by atoms with Gasteiger partial charge in [0.2, 0.25) is 0 Å². The minimum atomic E-state index is -0.0527. The first-order chi connectivity index (χ1) is 9.18. The number of hydrogen-bond acceptors (Lipinski definition) is 3. The van der Waals surface area contributed by atoms with E-state index in [-0.39, 0.29) is 5.91 Å². The summed E-state index contributed by atoms with van der Waals surface area (Å²) in [7, 11) is 4.05. The number of aromatic nitrogens is 1. The van der Waals surface area contributed by atoms with Gasteiger partial charge in [-0.15, -0.1) is 0 Å². The summed E-state index contributed by atoms with van der Waals surface area (Å²) in [6.07, 6.45) is 2.65. The van der Waals surface area contributed by atoms with Crippen molar-refractivity contribution in [2.24, 2.45) is 0 Å². The molecule has 0 aliphatic rings. The van der Waals surface area contributed by atoms with Crippen molar-refractivity contribution in [2.45, 2.75) is 6.42 Å². The van der Waals surface area contributed by atoms with Crippen LogP contribution in [0.2, 0.25) is 0 Å². The van der Waals surface area contributed by atoms with Crippen molar-refractivity contribution in [2.75, 3.05) is 27.2 Å². The van der Waals surface area contributed by atoms with Gasteiger partial charge in [-0.2, -0.15) is 0 Å². The molecule has 1 aromatic heterocycles. The van der Waals surface area contributed by atoms with Gasteiger partial charge < -0.3 is 10.2 Å². The fourth-order valence-corrected chi connectivity index (χ4v) is 1.98. The Morgan fingerprint density at radius 1 is 1.26 bits per heavy atom. The highest BCUT2D eigenvalue weighted by molar-refractivity contribution is 6.05. The molecule has 19 heavy (non-hydrogen) atoms. The zero-order valence-corrected chi connectivity index (χ0v) is 11.4. The van der Waals surface area contributed by atoms with Crippen LogP contribution in [0.25, 0.3) is 10.9 Å². The summed E-state index contributed by atoms with van der Waals surface area (Å²) in [5, 5.41) is 3.93. The number of nitrogens with one attached hydrogen (secondary N) is 1. The van der Waals surface area contributed by atoms with Crippen molar-refractivity contribution in [3.8, 4) is 0 Å². The van der Waals surface area contributed by atoms with E-state index in [1.54, 1.807) is 6.20 Å². The van der Waals surface area contributed by atoms with E-state index >= 15 is 0 Å². The average Bonchev–Trinajstić information content (AvgIpc) is 2.42. The quantitative estimate of drug-likeness (QED) is 0.832. The fraction of sp³-hybridized carbons (Fsp3) is 0.333. The maximum Gasteiger partial charge on any atom is 0.253 e. The number of fused-ring (bicyclic) bond motifs is 1. The predicted octanol–water partition coefficient (Wildman–Crippen LogP) is 1.92. The molecule has 4 heteroatoms. The molecular formula is C15H19N3O. The summed E-state index contributed by atoms with van der Waals surface area (Å²) in [5.41, 5.74) is 1.40. The van der Waals surface area contributed by atoms with E-state index in [0.717, 1.165) is 23.9 Å². The number of nitrogens with zero attached hydrogens (tertiary/aromatic N) is 2. The Bertz CT molecular complexity index is 561. The lowest BCUT2D eigenvalue weighted by atomic mass is 10.1. The van der Waals surface area contributed by atoms with Crippen molar-refractivity contribution >= 4 is 16.8 Å². The second kappa shape index (κ2) is 6.29. The minimum Gasteiger partial charge on any atom is -0.352 e. The molecule has 0 aliphatic heterocycles. The van der Waals surface area contributed by atoms with Crippen LogP contribution in [0.4, 0.5) is 0 Å². The minimum absolute atomic E-state index is 0.0527. The van der Waals surface area contributed by atoms with E-state index in [4.69, 9.17) is 0 Å². The molecule has 0 fully saturated rings. The van der Waals surface area contributed by atoms with Gasteiger partial charge in [0.25, 0.3) is 5.91 Å². The zero-order chi connectivity index (χ0) is 13.7. The zero-order valence-electron chi connectivity index (χ0n) is 11.4. The van der Waals surface area contributed by atoms with Crippen LogP contribution >= 0.6 is 0 Å². The van der Waals surface area contributed by atoms with E-state index in [2.05, 4.69) is 15.2 Å². The number of carbonyl (C=O) groups excluding carboxylic acids is 1. The van der Waals surface area contributed by atoms with Crippen molar-refractivity contribution < 1.29 is 4.79 Å². The lowest BCUT2D eigenvalue weighted by Gasteiger charge is -2.10. The third-order valence-electron chi connectivity index (χ3n) is 2.95. The number of amides is 1. The van der Waals surface area contributed by atoms with E-state index in [1.165, 1.54) is 0 Å². The van der Waals surface area contributed by atoms with Gasteiger partial charge in [0.15, 0.2) is 0 Å². The molecule has 1 amide bonds. The summed E-state index contributed by atoms with van der Waals surface area (Å²) < 4.78 is 0. The van der Waals surface area contributed by atoms with Gasteiger partial charge in [0.05, 0.1) is 11.1 Å². The first-order valence-electron chi connectivity index (χ1n) is 6.45. The molecule has 2 aromatic rings. The summed E-state index contributed by atoms with van der Waals surface area (Å²) >= 11 is 0. The van der Waals surface area contributed by atoms with Gasteiger partial charge in [-0.05, 0) is 39.2 Å². The molecule has 4 nitrogen and oxygen atoms in total. The number of hydrogen-bond donors (Lipinski definition) is 1. The largest absolute Gasteiger partial charge is 0.352 e. The molecule has 0 spiro atoms. The number of carbonyl (C=O) groups is 1. The molecule has 0 saturated carbocycles. The van der Waals surface area contributed by atoms with Crippen LogP contribution in [0.1, 0.15) is 16.8 Å². The SMILES string of the molecule is CN(C)CCCNC(=O)c1cccc2cccnc12. The second-order valence-electron chi connectivity index (χ2n) is 4.79. The van der Waals surface area contributed by atoms with Crippen molar-refractivity contribution in [3.63, 3.8) is 0 Å². The summed E-state index contributed by atoms with van der Waals surface area (Å²) in [5.74, 6) is -0.0527. The van der Waals surface area contributed by atoms with Gasteiger partial charge in [-0.25, -0.2) is 0 Å². The topological polar surface area (TPSA) is 45.2 Å². The van der Waals surface area contributed by atoms with E-state index in [0.29, 0.717) is 12.1 Å². The van der Waals surface area contributed by atoms with E-state index in [9.17, 15) is 4.79 Å². The molecule has 0 atom stereocenters.